The molecule has 1 fully saturated rings. The fraction of sp³-hybridized carbons (Fsp3) is 0.400. The Morgan fingerprint density at radius 2 is 1.79 bits per heavy atom. The van der Waals surface area contributed by atoms with Crippen LogP contribution in [0.2, 0.25) is 0 Å². The van der Waals surface area contributed by atoms with Gasteiger partial charge in [-0.15, -0.1) is 0 Å². The molecular formula is C25H28N2O6. The first-order valence-electron chi connectivity index (χ1n) is 11.0. The maximum absolute atomic E-state index is 12.7. The second-order valence-electron chi connectivity index (χ2n) is 7.43. The standard InChI is InChI=1S/C25H28N2O6/c1-2-30-21-12-8-20(9-13-21)27(15-4-14-26)24(28)18-33-25(29)19-6-10-22(11-7-19)32-17-23-5-3-16-31-23/h6-13,23H,2-5,15-18H2,1H3. The third-order valence-corrected chi connectivity index (χ3v) is 5.08. The zero-order valence-electron chi connectivity index (χ0n) is 18.7. The Morgan fingerprint density at radius 3 is 2.42 bits per heavy atom. The van der Waals surface area contributed by atoms with Gasteiger partial charge in [0, 0.05) is 18.8 Å². The number of rotatable bonds is 11. The summed E-state index contributed by atoms with van der Waals surface area (Å²) in [6, 6.07) is 15.6. The maximum atomic E-state index is 12.7. The number of esters is 1. The van der Waals surface area contributed by atoms with Crippen molar-refractivity contribution in [1.82, 2.24) is 0 Å². The minimum atomic E-state index is -0.610. The molecule has 0 N–H and O–H groups in total. The summed E-state index contributed by atoms with van der Waals surface area (Å²) in [6.07, 6.45) is 2.30. The van der Waals surface area contributed by atoms with Crippen molar-refractivity contribution in [2.45, 2.75) is 32.3 Å². The Bertz CT molecular complexity index is 946. The van der Waals surface area contributed by atoms with Gasteiger partial charge < -0.3 is 23.8 Å². The molecule has 0 bridgehead atoms. The number of nitriles is 1. The summed E-state index contributed by atoms with van der Waals surface area (Å²) in [5, 5.41) is 8.94. The molecule has 3 rings (SSSR count). The van der Waals surface area contributed by atoms with E-state index in [9.17, 15) is 9.59 Å². The number of carbonyl (C=O) groups excluding carboxylic acids is 2. The summed E-state index contributed by atoms with van der Waals surface area (Å²) < 4.78 is 21.9. The first-order valence-corrected chi connectivity index (χ1v) is 11.0. The van der Waals surface area contributed by atoms with Crippen LogP contribution in [0.3, 0.4) is 0 Å². The second-order valence-corrected chi connectivity index (χ2v) is 7.43. The number of hydrogen-bond acceptors (Lipinski definition) is 7. The van der Waals surface area contributed by atoms with Crippen molar-refractivity contribution < 1.29 is 28.5 Å². The van der Waals surface area contributed by atoms with E-state index in [1.807, 2.05) is 13.0 Å². The number of amides is 1. The highest BCUT2D eigenvalue weighted by atomic mass is 16.5. The van der Waals surface area contributed by atoms with Gasteiger partial charge in [0.15, 0.2) is 6.61 Å². The lowest BCUT2D eigenvalue weighted by Gasteiger charge is -2.22. The summed E-state index contributed by atoms with van der Waals surface area (Å²) in [4.78, 5) is 26.6. The minimum absolute atomic E-state index is 0.111. The SMILES string of the molecule is CCOc1ccc(N(CCC#N)C(=O)COC(=O)c2ccc(OCC3CCCO3)cc2)cc1. The van der Waals surface area contributed by atoms with Crippen LogP contribution in [-0.2, 0) is 14.3 Å². The summed E-state index contributed by atoms with van der Waals surface area (Å²) in [5.74, 6) is 0.292. The lowest BCUT2D eigenvalue weighted by atomic mass is 10.2. The van der Waals surface area contributed by atoms with Crippen molar-refractivity contribution in [3.05, 3.63) is 54.1 Å². The molecule has 8 nitrogen and oxygen atoms in total. The quantitative estimate of drug-likeness (QED) is 0.479. The molecule has 1 unspecified atom stereocenters. The smallest absolute Gasteiger partial charge is 0.338 e. The van der Waals surface area contributed by atoms with Crippen LogP contribution in [0.4, 0.5) is 5.69 Å². The van der Waals surface area contributed by atoms with Gasteiger partial charge in [-0.25, -0.2) is 4.79 Å². The normalized spacial score (nSPS) is 14.8. The number of anilines is 1. The van der Waals surface area contributed by atoms with Gasteiger partial charge >= 0.3 is 5.97 Å². The molecule has 0 radical (unpaired) electrons. The molecule has 33 heavy (non-hydrogen) atoms. The minimum Gasteiger partial charge on any atom is -0.494 e. The average molecular weight is 453 g/mol. The maximum Gasteiger partial charge on any atom is 0.338 e. The Hall–Kier alpha value is -3.57. The zero-order chi connectivity index (χ0) is 23.5. The molecule has 0 saturated carbocycles. The largest absolute Gasteiger partial charge is 0.494 e. The van der Waals surface area contributed by atoms with Crippen LogP contribution < -0.4 is 14.4 Å². The highest BCUT2D eigenvalue weighted by Crippen LogP contribution is 2.21. The van der Waals surface area contributed by atoms with Crippen molar-refractivity contribution in [1.29, 1.82) is 5.26 Å². The molecule has 2 aromatic rings. The van der Waals surface area contributed by atoms with E-state index in [0.717, 1.165) is 19.4 Å². The van der Waals surface area contributed by atoms with E-state index in [1.54, 1.807) is 48.5 Å². The monoisotopic (exact) mass is 452 g/mol. The van der Waals surface area contributed by atoms with Gasteiger partial charge in [0.1, 0.15) is 18.1 Å². The topological polar surface area (TPSA) is 98.1 Å². The molecule has 0 spiro atoms. The molecule has 1 atom stereocenters. The lowest BCUT2D eigenvalue weighted by molar-refractivity contribution is -0.121. The van der Waals surface area contributed by atoms with Crippen LogP contribution >= 0.6 is 0 Å². The van der Waals surface area contributed by atoms with Crippen molar-refractivity contribution in [3.8, 4) is 17.6 Å². The molecular weight excluding hydrogens is 424 g/mol. The average Bonchev–Trinajstić information content (AvgIpc) is 3.37. The first-order chi connectivity index (χ1) is 16.1. The summed E-state index contributed by atoms with van der Waals surface area (Å²) >= 11 is 0. The molecule has 1 aliphatic rings. The number of ether oxygens (including phenoxy) is 4. The van der Waals surface area contributed by atoms with Crippen LogP contribution in [0.15, 0.2) is 48.5 Å². The summed E-state index contributed by atoms with van der Waals surface area (Å²) in [5.41, 5.74) is 0.916. The Kier molecular flexibility index (Phi) is 9.09. The van der Waals surface area contributed by atoms with E-state index in [4.69, 9.17) is 24.2 Å². The Balaban J connectivity index is 1.54. The summed E-state index contributed by atoms with van der Waals surface area (Å²) in [7, 11) is 0. The van der Waals surface area contributed by atoms with Gasteiger partial charge in [0.2, 0.25) is 0 Å². The van der Waals surface area contributed by atoms with E-state index in [-0.39, 0.29) is 19.1 Å². The van der Waals surface area contributed by atoms with E-state index in [0.29, 0.717) is 36.0 Å². The molecule has 1 saturated heterocycles. The van der Waals surface area contributed by atoms with Gasteiger partial charge in [0.05, 0.1) is 30.8 Å². The number of hydrogen-bond donors (Lipinski definition) is 0. The van der Waals surface area contributed by atoms with E-state index in [1.165, 1.54) is 4.90 Å². The molecule has 174 valence electrons. The van der Waals surface area contributed by atoms with Gasteiger partial charge in [-0.05, 0) is 68.3 Å². The van der Waals surface area contributed by atoms with Crippen LogP contribution in [0, 0.1) is 11.3 Å². The van der Waals surface area contributed by atoms with Gasteiger partial charge in [-0.3, -0.25) is 4.79 Å². The molecule has 2 aromatic carbocycles. The fourth-order valence-electron chi connectivity index (χ4n) is 3.39. The third kappa shape index (κ3) is 7.22. The van der Waals surface area contributed by atoms with E-state index in [2.05, 4.69) is 0 Å². The highest BCUT2D eigenvalue weighted by molar-refractivity contribution is 5.97. The predicted molar refractivity (Wildman–Crippen MR) is 121 cm³/mol. The first kappa shape index (κ1) is 24.1. The Morgan fingerprint density at radius 1 is 1.09 bits per heavy atom. The van der Waals surface area contributed by atoms with Crippen molar-refractivity contribution in [2.24, 2.45) is 0 Å². The van der Waals surface area contributed by atoms with Crippen LogP contribution in [0.25, 0.3) is 0 Å². The highest BCUT2D eigenvalue weighted by Gasteiger charge is 2.19. The molecule has 1 heterocycles. The lowest BCUT2D eigenvalue weighted by Crippen LogP contribution is -2.35. The van der Waals surface area contributed by atoms with E-state index < -0.39 is 18.5 Å². The van der Waals surface area contributed by atoms with Gasteiger partial charge in [-0.2, -0.15) is 5.26 Å². The number of benzene rings is 2. The second kappa shape index (κ2) is 12.5. The van der Waals surface area contributed by atoms with Gasteiger partial charge in [-0.1, -0.05) is 0 Å². The van der Waals surface area contributed by atoms with Crippen molar-refractivity contribution >= 4 is 17.6 Å². The summed E-state index contributed by atoms with van der Waals surface area (Å²) in [6.45, 7) is 3.42. The fourth-order valence-corrected chi connectivity index (χ4v) is 3.39. The zero-order valence-corrected chi connectivity index (χ0v) is 18.7. The Labute approximate surface area is 193 Å². The van der Waals surface area contributed by atoms with Crippen LogP contribution in [0.5, 0.6) is 11.5 Å². The van der Waals surface area contributed by atoms with Crippen LogP contribution in [-0.4, -0.2) is 51.0 Å². The van der Waals surface area contributed by atoms with Gasteiger partial charge in [0.25, 0.3) is 5.91 Å². The third-order valence-electron chi connectivity index (χ3n) is 5.08. The molecule has 0 aliphatic carbocycles. The number of carbonyl (C=O) groups is 2. The predicted octanol–water partition coefficient (Wildman–Crippen LogP) is 3.75. The number of nitrogens with zero attached hydrogens (tertiary/aromatic N) is 2. The van der Waals surface area contributed by atoms with Crippen LogP contribution in [0.1, 0.15) is 36.5 Å². The molecule has 0 aromatic heterocycles. The molecule has 8 heteroatoms. The molecule has 1 amide bonds. The van der Waals surface area contributed by atoms with Crippen molar-refractivity contribution in [2.75, 3.05) is 37.9 Å². The van der Waals surface area contributed by atoms with Crippen molar-refractivity contribution in [3.63, 3.8) is 0 Å². The molecule has 1 aliphatic heterocycles. The van der Waals surface area contributed by atoms with E-state index >= 15 is 0 Å².